The number of hydrogen-bond donors (Lipinski definition) is 2. The van der Waals surface area contributed by atoms with Gasteiger partial charge in [0.25, 0.3) is 0 Å². The Morgan fingerprint density at radius 2 is 1.95 bits per heavy atom. The number of carboxylic acids is 1. The van der Waals surface area contributed by atoms with Gasteiger partial charge in [-0.3, -0.25) is 4.79 Å². The van der Waals surface area contributed by atoms with Gasteiger partial charge in [0.15, 0.2) is 0 Å². The van der Waals surface area contributed by atoms with Crippen LogP contribution in [0.1, 0.15) is 42.9 Å². The van der Waals surface area contributed by atoms with Gasteiger partial charge in [0, 0.05) is 6.54 Å². The van der Waals surface area contributed by atoms with Crippen LogP contribution in [0.2, 0.25) is 0 Å². The molecule has 0 saturated carbocycles. The van der Waals surface area contributed by atoms with Gasteiger partial charge in [0.05, 0.1) is 0 Å². The lowest BCUT2D eigenvalue weighted by Gasteiger charge is -2.15. The van der Waals surface area contributed by atoms with E-state index in [0.717, 1.165) is 18.4 Å². The van der Waals surface area contributed by atoms with E-state index >= 15 is 0 Å². The number of nitrogens with one attached hydrogen (secondary N) is 1. The molecule has 4 heteroatoms. The average molecular weight is 267 g/mol. The molecule has 0 aliphatic carbocycles. The third-order valence-corrected chi connectivity index (χ3v) is 3.19. The Morgan fingerprint density at radius 3 is 2.42 bits per heavy atom. The van der Waals surface area contributed by atoms with Crippen LogP contribution < -0.4 is 5.32 Å². The molecule has 0 fully saturated rings. The summed E-state index contributed by atoms with van der Waals surface area (Å²) in [7, 11) is 0. The zero-order valence-corrected chi connectivity index (χ0v) is 11.8. The molecule has 0 spiro atoms. The van der Waals surface area contributed by atoms with Crippen LogP contribution in [0.3, 0.4) is 0 Å². The second-order valence-corrected chi connectivity index (χ2v) is 4.96. The average Bonchev–Trinajstić information content (AvgIpc) is 2.35. The number of halogens is 1. The molecule has 106 valence electrons. The van der Waals surface area contributed by atoms with E-state index in [1.807, 2.05) is 6.92 Å². The Labute approximate surface area is 113 Å². The first-order valence-corrected chi connectivity index (χ1v) is 6.67. The van der Waals surface area contributed by atoms with Gasteiger partial charge in [0.1, 0.15) is 11.9 Å². The van der Waals surface area contributed by atoms with Crippen molar-refractivity contribution < 1.29 is 14.3 Å². The lowest BCUT2D eigenvalue weighted by Crippen LogP contribution is -2.36. The quantitative estimate of drug-likeness (QED) is 0.797. The van der Waals surface area contributed by atoms with Gasteiger partial charge in [-0.15, -0.1) is 0 Å². The Kier molecular flexibility index (Phi) is 5.96. The molecule has 0 aliphatic rings. The summed E-state index contributed by atoms with van der Waals surface area (Å²) in [5.74, 6) is -1.02. The van der Waals surface area contributed by atoms with Gasteiger partial charge in [-0.25, -0.2) is 4.39 Å². The van der Waals surface area contributed by atoms with E-state index in [-0.39, 0.29) is 5.82 Å². The summed E-state index contributed by atoms with van der Waals surface area (Å²) in [6.07, 6.45) is 2.47. The zero-order chi connectivity index (χ0) is 14.4. The molecule has 0 amide bonds. The van der Waals surface area contributed by atoms with Crippen molar-refractivity contribution in [1.29, 1.82) is 0 Å². The van der Waals surface area contributed by atoms with Crippen LogP contribution in [0.5, 0.6) is 0 Å². The molecule has 1 aromatic rings. The Balaban J connectivity index is 2.66. The number of rotatable bonds is 7. The molecule has 1 rings (SSSR count). The summed E-state index contributed by atoms with van der Waals surface area (Å²) in [5.41, 5.74) is 2.11. The summed E-state index contributed by atoms with van der Waals surface area (Å²) >= 11 is 0. The van der Waals surface area contributed by atoms with Crippen LogP contribution in [0.15, 0.2) is 12.1 Å². The molecule has 1 unspecified atom stereocenters. The van der Waals surface area contributed by atoms with Gasteiger partial charge in [0.2, 0.25) is 0 Å². The van der Waals surface area contributed by atoms with Crippen molar-refractivity contribution in [1.82, 2.24) is 5.32 Å². The Morgan fingerprint density at radius 1 is 1.37 bits per heavy atom. The molecule has 2 N–H and O–H groups in total. The first kappa shape index (κ1) is 15.6. The molecular weight excluding hydrogens is 245 g/mol. The lowest BCUT2D eigenvalue weighted by molar-refractivity contribution is -0.139. The zero-order valence-electron chi connectivity index (χ0n) is 11.8. The normalized spacial score (nSPS) is 12.4. The molecule has 19 heavy (non-hydrogen) atoms. The number of aliphatic carboxylic acids is 1. The summed E-state index contributed by atoms with van der Waals surface area (Å²) in [6.45, 7) is 5.92. The SMILES string of the molecule is CCCCC(NCc1cc(C)c(F)c(C)c1)C(=O)O. The van der Waals surface area contributed by atoms with Gasteiger partial charge >= 0.3 is 5.97 Å². The fraction of sp³-hybridized carbons (Fsp3) is 0.533. The lowest BCUT2D eigenvalue weighted by atomic mass is 10.1. The maximum absolute atomic E-state index is 13.5. The van der Waals surface area contributed by atoms with Crippen molar-refractivity contribution in [3.05, 3.63) is 34.6 Å². The maximum Gasteiger partial charge on any atom is 0.320 e. The van der Waals surface area contributed by atoms with Gasteiger partial charge in [-0.2, -0.15) is 0 Å². The van der Waals surface area contributed by atoms with Crippen molar-refractivity contribution in [2.24, 2.45) is 0 Å². The molecule has 0 heterocycles. The van der Waals surface area contributed by atoms with Crippen LogP contribution in [0.25, 0.3) is 0 Å². The highest BCUT2D eigenvalue weighted by Gasteiger charge is 2.16. The molecule has 3 nitrogen and oxygen atoms in total. The standard InChI is InChI=1S/C15H22FNO2/c1-4-5-6-13(15(18)19)17-9-12-7-10(2)14(16)11(3)8-12/h7-8,13,17H,4-6,9H2,1-3H3,(H,18,19). The van der Waals surface area contributed by atoms with Crippen molar-refractivity contribution >= 4 is 5.97 Å². The summed E-state index contributed by atoms with van der Waals surface area (Å²) < 4.78 is 13.5. The van der Waals surface area contributed by atoms with Crippen LogP contribution in [-0.2, 0) is 11.3 Å². The minimum atomic E-state index is -0.830. The number of carbonyl (C=O) groups is 1. The highest BCUT2D eigenvalue weighted by atomic mass is 19.1. The van der Waals surface area contributed by atoms with Crippen molar-refractivity contribution in [2.75, 3.05) is 0 Å². The third kappa shape index (κ3) is 4.63. The minimum Gasteiger partial charge on any atom is -0.480 e. The number of carboxylic acid groups (broad SMARTS) is 1. The van der Waals surface area contributed by atoms with Gasteiger partial charge < -0.3 is 10.4 Å². The molecule has 0 aliphatic heterocycles. The van der Waals surface area contributed by atoms with E-state index in [9.17, 15) is 9.18 Å². The molecule has 1 atom stereocenters. The van der Waals surface area contributed by atoms with Crippen LogP contribution in [-0.4, -0.2) is 17.1 Å². The highest BCUT2D eigenvalue weighted by molar-refractivity contribution is 5.73. The first-order valence-electron chi connectivity index (χ1n) is 6.67. The van der Waals surface area contributed by atoms with Crippen LogP contribution >= 0.6 is 0 Å². The van der Waals surface area contributed by atoms with Gasteiger partial charge in [-0.05, 0) is 37.0 Å². The second kappa shape index (κ2) is 7.24. The van der Waals surface area contributed by atoms with Crippen molar-refractivity contribution in [2.45, 2.75) is 52.6 Å². The van der Waals surface area contributed by atoms with E-state index in [2.05, 4.69) is 5.32 Å². The minimum absolute atomic E-state index is 0.190. The van der Waals surface area contributed by atoms with Crippen molar-refractivity contribution in [3.63, 3.8) is 0 Å². The number of hydrogen-bond acceptors (Lipinski definition) is 2. The van der Waals surface area contributed by atoms with E-state index in [1.165, 1.54) is 0 Å². The largest absolute Gasteiger partial charge is 0.480 e. The fourth-order valence-corrected chi connectivity index (χ4v) is 2.10. The fourth-order valence-electron chi connectivity index (χ4n) is 2.10. The van der Waals surface area contributed by atoms with E-state index in [4.69, 9.17) is 5.11 Å². The second-order valence-electron chi connectivity index (χ2n) is 4.96. The van der Waals surface area contributed by atoms with E-state index in [1.54, 1.807) is 26.0 Å². The smallest absolute Gasteiger partial charge is 0.320 e. The summed E-state index contributed by atoms with van der Waals surface area (Å²) in [6, 6.07) is 2.98. The molecule has 0 bridgehead atoms. The summed E-state index contributed by atoms with van der Waals surface area (Å²) in [5, 5.41) is 12.1. The summed E-state index contributed by atoms with van der Waals surface area (Å²) in [4.78, 5) is 11.1. The van der Waals surface area contributed by atoms with Crippen LogP contribution in [0.4, 0.5) is 4.39 Å². The molecule has 0 radical (unpaired) electrons. The van der Waals surface area contributed by atoms with Crippen LogP contribution in [0, 0.1) is 19.7 Å². The number of aryl methyl sites for hydroxylation is 2. The maximum atomic E-state index is 13.5. The highest BCUT2D eigenvalue weighted by Crippen LogP contribution is 2.15. The topological polar surface area (TPSA) is 49.3 Å². The molecule has 0 aromatic heterocycles. The Bertz CT molecular complexity index is 423. The van der Waals surface area contributed by atoms with Gasteiger partial charge in [-0.1, -0.05) is 31.9 Å². The Hall–Kier alpha value is -1.42. The van der Waals surface area contributed by atoms with Crippen molar-refractivity contribution in [3.8, 4) is 0 Å². The predicted octanol–water partition coefficient (Wildman–Crippen LogP) is 3.18. The monoisotopic (exact) mass is 267 g/mol. The molecule has 1 aromatic carbocycles. The van der Waals surface area contributed by atoms with E-state index < -0.39 is 12.0 Å². The first-order chi connectivity index (χ1) is 8.95. The third-order valence-electron chi connectivity index (χ3n) is 3.19. The number of benzene rings is 1. The molecule has 0 saturated heterocycles. The number of unbranched alkanes of at least 4 members (excludes halogenated alkanes) is 1. The predicted molar refractivity (Wildman–Crippen MR) is 73.7 cm³/mol. The molecular formula is C15H22FNO2. The van der Waals surface area contributed by atoms with E-state index in [0.29, 0.717) is 24.1 Å².